The molecule has 0 bridgehead atoms. The van der Waals surface area contributed by atoms with Gasteiger partial charge in [0.2, 0.25) is 0 Å². The maximum Gasteiger partial charge on any atom is 0.266 e. The van der Waals surface area contributed by atoms with E-state index in [2.05, 4.69) is 0 Å². The van der Waals surface area contributed by atoms with Crippen LogP contribution in [0.5, 0.6) is 0 Å². The van der Waals surface area contributed by atoms with Gasteiger partial charge >= 0.3 is 0 Å². The molecule has 0 aliphatic carbocycles. The Bertz CT molecular complexity index is 4410. The standard InChI is InChI=1S/C19H14N2O4.C18H12N2O4.C13H10N2O4.CH4/c1-3-20-16(22)12-8-14-15(9-13(12)17(20)23)19(25)21(18(14)24)11-6-4-10(2)5-7-11;1-9-3-5-10(6-4-9)20-17(23)13-7-11-12(8-14(13)18(20)24)16(22)19(2)15(11)21;1-3-15-12(18)8-4-6-7(5-9(8)13(15)19)11(17)14(2)10(6)16;/h4-9H,3H2,1-2H3;3-8H,1-2H3;4-5H,3H2,1-2H3;1H4. The highest BCUT2D eigenvalue weighted by Crippen LogP contribution is 2.18. The minimum atomic E-state index is -0.489. The highest BCUT2D eigenvalue weighted by atomic mass is 16.2. The van der Waals surface area contributed by atoms with Crippen molar-refractivity contribution in [3.63, 3.8) is 0 Å². The van der Waals surface area contributed by atoms with Crippen molar-refractivity contribution in [2.24, 2.45) is 14.1 Å². The van der Waals surface area contributed by atoms with Crippen LogP contribution in [0.3, 0.4) is 0 Å². The Hall–Kier alpha value is -9.06. The lowest BCUT2D eigenvalue weighted by atomic mass is 10.1. The number of hydrogen-bond donors (Lipinski definition) is 0. The number of fused-ring (bicyclic) bond motifs is 6. The molecule has 0 fully saturated rings. The van der Waals surface area contributed by atoms with Crippen LogP contribution in [-0.4, -0.2) is 27.4 Å². The molecule has 0 aliphatic heterocycles. The van der Waals surface area contributed by atoms with Crippen LogP contribution >= 0.6 is 0 Å². The third kappa shape index (κ3) is 6.86. The number of hydrogen-bond acceptors (Lipinski definition) is 12. The van der Waals surface area contributed by atoms with Crippen molar-refractivity contribution >= 4 is 64.6 Å². The molecule has 11 aromatic rings. The second-order valence-corrected chi connectivity index (χ2v) is 16.4. The minimum Gasteiger partial charge on any atom is -0.277 e. The van der Waals surface area contributed by atoms with Crippen LogP contribution in [-0.2, 0) is 27.2 Å². The van der Waals surface area contributed by atoms with Crippen LogP contribution in [0.1, 0.15) is 32.4 Å². The summed E-state index contributed by atoms with van der Waals surface area (Å²) in [6, 6.07) is 22.1. The first-order valence-corrected chi connectivity index (χ1v) is 21.1. The number of aryl methyl sites for hydroxylation is 2. The maximum absolute atomic E-state index is 12.7. The SMILES string of the molecule is C.CCn1c(=O)c2cc3c(=O)n(-c4ccc(C)cc4)c(=O)c3cc2c1=O.CCn1c(=O)c2cc3c(=O)n(C)c(=O)c3cc2c1=O.Cc1ccc(-n2c(=O)c3cc4c(=O)n(C)c(=O)c4cc3c2=O)cc1. The Morgan fingerprint density at radius 1 is 0.304 bits per heavy atom. The zero-order valence-electron chi connectivity index (χ0n) is 37.1. The van der Waals surface area contributed by atoms with E-state index < -0.39 is 66.7 Å². The molecule has 0 unspecified atom stereocenters. The quantitative estimate of drug-likeness (QED) is 0.247. The van der Waals surface area contributed by atoms with Crippen LogP contribution in [0.15, 0.2) is 142 Å². The predicted octanol–water partition coefficient (Wildman–Crippen LogP) is 2.08. The summed E-state index contributed by atoms with van der Waals surface area (Å²) in [5.41, 5.74) is -2.53. The van der Waals surface area contributed by atoms with Crippen LogP contribution in [0.2, 0.25) is 0 Å². The molecule has 0 atom stereocenters. The van der Waals surface area contributed by atoms with Gasteiger partial charge in [-0.25, -0.2) is 9.13 Å². The van der Waals surface area contributed by atoms with Gasteiger partial charge in [-0.3, -0.25) is 75.8 Å². The van der Waals surface area contributed by atoms with Crippen molar-refractivity contribution in [1.82, 2.24) is 27.4 Å². The van der Waals surface area contributed by atoms with Crippen molar-refractivity contribution in [3.05, 3.63) is 220 Å². The van der Waals surface area contributed by atoms with Crippen molar-refractivity contribution < 1.29 is 0 Å². The molecular weight excluding hydrogens is 889 g/mol. The molecule has 18 heteroatoms. The first-order chi connectivity index (χ1) is 32.3. The predicted molar refractivity (Wildman–Crippen MR) is 267 cm³/mol. The minimum absolute atomic E-state index is 0. The molecule has 0 spiro atoms. The van der Waals surface area contributed by atoms with E-state index in [1.807, 2.05) is 26.0 Å². The summed E-state index contributed by atoms with van der Waals surface area (Å²) >= 11 is 0. The van der Waals surface area contributed by atoms with Gasteiger partial charge in [0.1, 0.15) is 0 Å². The van der Waals surface area contributed by atoms with Crippen molar-refractivity contribution in [2.45, 2.75) is 48.2 Å². The summed E-state index contributed by atoms with van der Waals surface area (Å²) in [4.78, 5) is 147. The fourth-order valence-corrected chi connectivity index (χ4v) is 8.69. The molecule has 0 N–H and O–H groups in total. The van der Waals surface area contributed by atoms with Crippen molar-refractivity contribution in [3.8, 4) is 11.4 Å². The smallest absolute Gasteiger partial charge is 0.266 e. The molecule has 11 rings (SSSR count). The molecule has 0 saturated carbocycles. The van der Waals surface area contributed by atoms with Crippen molar-refractivity contribution in [2.75, 3.05) is 0 Å². The Labute approximate surface area is 385 Å². The molecule has 6 heterocycles. The first-order valence-electron chi connectivity index (χ1n) is 21.1. The molecule has 0 aliphatic rings. The lowest BCUT2D eigenvalue weighted by Gasteiger charge is -2.00. The molecule has 5 aromatic carbocycles. The zero-order chi connectivity index (χ0) is 48.9. The van der Waals surface area contributed by atoms with Crippen LogP contribution in [0.4, 0.5) is 0 Å². The molecule has 0 radical (unpaired) electrons. The summed E-state index contributed by atoms with van der Waals surface area (Å²) < 4.78 is 6.30. The van der Waals surface area contributed by atoms with E-state index >= 15 is 0 Å². The summed E-state index contributed by atoms with van der Waals surface area (Å²) in [7, 11) is 2.75. The monoisotopic (exact) mass is 928 g/mol. The fraction of sp³-hybridized carbons (Fsp3) is 0.176. The van der Waals surface area contributed by atoms with Gasteiger partial charge in [0, 0.05) is 27.2 Å². The zero-order valence-corrected chi connectivity index (χ0v) is 37.1. The van der Waals surface area contributed by atoms with E-state index in [9.17, 15) is 57.5 Å². The number of aromatic nitrogens is 6. The largest absolute Gasteiger partial charge is 0.277 e. The van der Waals surface area contributed by atoms with Gasteiger partial charge in [-0.2, -0.15) is 0 Å². The average Bonchev–Trinajstić information content (AvgIpc) is 4.04. The van der Waals surface area contributed by atoms with Gasteiger partial charge < -0.3 is 0 Å². The van der Waals surface area contributed by atoms with E-state index in [0.717, 1.165) is 38.5 Å². The highest BCUT2D eigenvalue weighted by Gasteiger charge is 2.22. The van der Waals surface area contributed by atoms with Gasteiger partial charge in [0.25, 0.3) is 66.7 Å². The van der Waals surface area contributed by atoms with Gasteiger partial charge in [-0.05, 0) is 88.4 Å². The van der Waals surface area contributed by atoms with E-state index in [1.54, 1.807) is 50.2 Å². The molecular formula is C51H40N6O12. The highest BCUT2D eigenvalue weighted by molar-refractivity contribution is 6.00. The van der Waals surface area contributed by atoms with Gasteiger partial charge in [-0.15, -0.1) is 0 Å². The van der Waals surface area contributed by atoms with Crippen LogP contribution < -0.4 is 66.7 Å². The van der Waals surface area contributed by atoms with E-state index in [4.69, 9.17) is 0 Å². The Kier molecular flexibility index (Phi) is 11.2. The van der Waals surface area contributed by atoms with Gasteiger partial charge in [-0.1, -0.05) is 42.8 Å². The molecule has 18 nitrogen and oxygen atoms in total. The van der Waals surface area contributed by atoms with Gasteiger partial charge in [0.15, 0.2) is 0 Å². The normalized spacial score (nSPS) is 11.4. The van der Waals surface area contributed by atoms with E-state index in [0.29, 0.717) is 11.4 Å². The fourth-order valence-electron chi connectivity index (χ4n) is 8.69. The van der Waals surface area contributed by atoms with Crippen molar-refractivity contribution in [1.29, 1.82) is 0 Å². The lowest BCUT2D eigenvalue weighted by molar-refractivity contribution is 0.722. The number of rotatable bonds is 4. The first kappa shape index (κ1) is 46.5. The van der Waals surface area contributed by atoms with Crippen LogP contribution in [0.25, 0.3) is 76.0 Å². The van der Waals surface area contributed by atoms with Crippen LogP contribution in [0, 0.1) is 13.8 Å². The molecule has 346 valence electrons. The summed E-state index contributed by atoms with van der Waals surface area (Å²) in [5, 5.41) is 2.05. The Morgan fingerprint density at radius 2 is 0.493 bits per heavy atom. The Balaban J connectivity index is 0.000000140. The number of benzene rings is 5. The topological polar surface area (TPSA) is 234 Å². The third-order valence-corrected chi connectivity index (χ3v) is 12.5. The maximum atomic E-state index is 12.7. The molecule has 0 saturated heterocycles. The lowest BCUT2D eigenvalue weighted by Crippen LogP contribution is -2.24. The average molecular weight is 929 g/mol. The summed E-state index contributed by atoms with van der Waals surface area (Å²) in [5.74, 6) is 0. The Morgan fingerprint density at radius 3 is 0.696 bits per heavy atom. The summed E-state index contributed by atoms with van der Waals surface area (Å²) in [6.07, 6.45) is 0. The second-order valence-electron chi connectivity index (χ2n) is 16.4. The van der Waals surface area contributed by atoms with E-state index in [1.165, 1.54) is 50.5 Å². The third-order valence-electron chi connectivity index (χ3n) is 12.5. The molecule has 0 amide bonds. The molecule has 6 aromatic heterocycles. The van der Waals surface area contributed by atoms with E-state index in [-0.39, 0.29) is 85.2 Å². The number of nitrogens with zero attached hydrogens (tertiary/aromatic N) is 6. The second kappa shape index (κ2) is 16.7. The summed E-state index contributed by atoms with van der Waals surface area (Å²) in [6.45, 7) is 7.72. The molecule has 69 heavy (non-hydrogen) atoms. The van der Waals surface area contributed by atoms with Gasteiger partial charge in [0.05, 0.1) is 76.0 Å².